The molecular weight excluding hydrogens is 289 g/mol. The molecule has 1 heterocycles. The van der Waals surface area contributed by atoms with Crippen LogP contribution in [-0.4, -0.2) is 41.4 Å². The molecule has 6 heteroatoms. The van der Waals surface area contributed by atoms with Crippen LogP contribution in [0.4, 0.5) is 15.8 Å². The number of amides is 1. The van der Waals surface area contributed by atoms with Gasteiger partial charge in [-0.25, -0.2) is 4.39 Å². The van der Waals surface area contributed by atoms with Crippen LogP contribution in [0.5, 0.6) is 0 Å². The van der Waals surface area contributed by atoms with Gasteiger partial charge >= 0.3 is 0 Å². The fourth-order valence-corrected chi connectivity index (χ4v) is 3.58. The van der Waals surface area contributed by atoms with Crippen LogP contribution < -0.4 is 11.1 Å². The molecule has 1 atom stereocenters. The van der Waals surface area contributed by atoms with E-state index in [9.17, 15) is 9.18 Å². The van der Waals surface area contributed by atoms with Crippen LogP contribution in [0.2, 0.25) is 0 Å². The van der Waals surface area contributed by atoms with Crippen molar-refractivity contribution in [2.24, 2.45) is 0 Å². The molecule has 1 unspecified atom stereocenters. The Morgan fingerprint density at radius 3 is 3.10 bits per heavy atom. The predicted octanol–water partition coefficient (Wildman–Crippen LogP) is 2.56. The number of rotatable bonds is 5. The molecular formula is C15H22FN3OS. The van der Waals surface area contributed by atoms with E-state index in [2.05, 4.69) is 17.1 Å². The van der Waals surface area contributed by atoms with Crippen molar-refractivity contribution in [3.05, 3.63) is 24.0 Å². The van der Waals surface area contributed by atoms with Gasteiger partial charge in [0.25, 0.3) is 0 Å². The molecule has 0 spiro atoms. The summed E-state index contributed by atoms with van der Waals surface area (Å²) in [5, 5.41) is 3.44. The number of anilines is 2. The van der Waals surface area contributed by atoms with Crippen LogP contribution in [-0.2, 0) is 4.79 Å². The van der Waals surface area contributed by atoms with Gasteiger partial charge in [0.05, 0.1) is 5.69 Å². The molecule has 3 N–H and O–H groups in total. The van der Waals surface area contributed by atoms with Crippen molar-refractivity contribution in [2.45, 2.75) is 25.0 Å². The van der Waals surface area contributed by atoms with Gasteiger partial charge in [-0.2, -0.15) is 11.8 Å². The highest BCUT2D eigenvalue weighted by molar-refractivity contribution is 8.00. The fraction of sp³-hybridized carbons (Fsp3) is 0.533. The molecule has 0 radical (unpaired) electrons. The van der Waals surface area contributed by atoms with E-state index in [0.29, 0.717) is 17.4 Å². The number of nitrogens with one attached hydrogen (secondary N) is 1. The van der Waals surface area contributed by atoms with Crippen LogP contribution in [0, 0.1) is 5.82 Å². The lowest BCUT2D eigenvalue weighted by atomic mass is 10.2. The Bertz CT molecular complexity index is 498. The number of hydrogen-bond acceptors (Lipinski definition) is 4. The minimum Gasteiger partial charge on any atom is -0.396 e. The van der Waals surface area contributed by atoms with Gasteiger partial charge in [-0.15, -0.1) is 0 Å². The van der Waals surface area contributed by atoms with Crippen LogP contribution >= 0.6 is 11.8 Å². The lowest BCUT2D eigenvalue weighted by Crippen LogP contribution is -2.39. The van der Waals surface area contributed by atoms with Gasteiger partial charge in [0.15, 0.2) is 0 Å². The van der Waals surface area contributed by atoms with Crippen molar-refractivity contribution >= 4 is 29.0 Å². The first-order valence-corrected chi connectivity index (χ1v) is 8.32. The Hall–Kier alpha value is -1.27. The van der Waals surface area contributed by atoms with Crippen molar-refractivity contribution in [1.29, 1.82) is 0 Å². The Morgan fingerprint density at radius 2 is 2.38 bits per heavy atom. The summed E-state index contributed by atoms with van der Waals surface area (Å²) < 4.78 is 13.1. The molecule has 116 valence electrons. The van der Waals surface area contributed by atoms with E-state index in [1.54, 1.807) is 0 Å². The number of hydrogen-bond donors (Lipinski definition) is 2. The zero-order valence-corrected chi connectivity index (χ0v) is 13.1. The van der Waals surface area contributed by atoms with Crippen molar-refractivity contribution in [2.75, 3.05) is 36.4 Å². The summed E-state index contributed by atoms with van der Waals surface area (Å²) >= 11 is 2.02. The SMILES string of the molecule is CCC1CN(CCC(=O)Nc2ccc(F)c(N)c2)CCS1. The minimum absolute atomic E-state index is 0.0478. The zero-order valence-electron chi connectivity index (χ0n) is 12.3. The molecule has 0 aromatic heterocycles. The number of carbonyl (C=O) groups excluding carboxylic acids is 1. The highest BCUT2D eigenvalue weighted by Gasteiger charge is 2.19. The molecule has 2 rings (SSSR count). The summed E-state index contributed by atoms with van der Waals surface area (Å²) in [6.45, 7) is 5.06. The molecule has 0 saturated carbocycles. The highest BCUT2D eigenvalue weighted by Crippen LogP contribution is 2.21. The molecule has 1 aromatic carbocycles. The first-order valence-electron chi connectivity index (χ1n) is 7.27. The molecule has 1 aliphatic heterocycles. The van der Waals surface area contributed by atoms with Gasteiger partial charge in [0, 0.05) is 42.7 Å². The molecule has 1 fully saturated rings. The summed E-state index contributed by atoms with van der Waals surface area (Å²) in [5.41, 5.74) is 6.07. The lowest BCUT2D eigenvalue weighted by Gasteiger charge is -2.31. The fourth-order valence-electron chi connectivity index (χ4n) is 2.34. The Balaban J connectivity index is 1.78. The second-order valence-electron chi connectivity index (χ2n) is 5.24. The van der Waals surface area contributed by atoms with Gasteiger partial charge in [-0.1, -0.05) is 6.92 Å². The normalized spacial score (nSPS) is 19.4. The van der Waals surface area contributed by atoms with E-state index >= 15 is 0 Å². The van der Waals surface area contributed by atoms with E-state index < -0.39 is 5.82 Å². The maximum atomic E-state index is 13.1. The standard InChI is InChI=1S/C15H22FN3OS/c1-2-12-10-19(7-8-21-12)6-5-15(20)18-11-3-4-13(16)14(17)9-11/h3-4,9,12H,2,5-8,10,17H2,1H3,(H,18,20). The van der Waals surface area contributed by atoms with Crippen molar-refractivity contribution in [1.82, 2.24) is 4.90 Å². The third-order valence-electron chi connectivity index (χ3n) is 3.61. The van der Waals surface area contributed by atoms with Crippen molar-refractivity contribution in [3.63, 3.8) is 0 Å². The number of nitrogen functional groups attached to an aromatic ring is 1. The Morgan fingerprint density at radius 1 is 1.57 bits per heavy atom. The second kappa shape index (κ2) is 7.66. The largest absolute Gasteiger partial charge is 0.396 e. The molecule has 0 bridgehead atoms. The number of benzene rings is 1. The van der Waals surface area contributed by atoms with E-state index in [1.165, 1.54) is 24.6 Å². The van der Waals surface area contributed by atoms with Crippen LogP contribution in [0.3, 0.4) is 0 Å². The summed E-state index contributed by atoms with van der Waals surface area (Å²) in [6.07, 6.45) is 1.61. The molecule has 21 heavy (non-hydrogen) atoms. The smallest absolute Gasteiger partial charge is 0.225 e. The number of carbonyl (C=O) groups is 1. The topological polar surface area (TPSA) is 58.4 Å². The predicted molar refractivity (Wildman–Crippen MR) is 87.0 cm³/mol. The summed E-state index contributed by atoms with van der Waals surface area (Å²) in [7, 11) is 0. The van der Waals surface area contributed by atoms with Gasteiger partial charge in [0.1, 0.15) is 5.82 Å². The molecule has 0 aliphatic carbocycles. The molecule has 1 saturated heterocycles. The average Bonchev–Trinajstić information content (AvgIpc) is 2.49. The molecule has 1 aromatic rings. The summed E-state index contributed by atoms with van der Waals surface area (Å²) in [6, 6.07) is 4.23. The van der Waals surface area contributed by atoms with Gasteiger partial charge in [-0.3, -0.25) is 4.79 Å². The monoisotopic (exact) mass is 311 g/mol. The van der Waals surface area contributed by atoms with Crippen LogP contribution in [0.25, 0.3) is 0 Å². The summed E-state index contributed by atoms with van der Waals surface area (Å²) in [4.78, 5) is 14.3. The van der Waals surface area contributed by atoms with E-state index in [0.717, 1.165) is 25.4 Å². The first kappa shape index (κ1) is 16.1. The van der Waals surface area contributed by atoms with E-state index in [1.807, 2.05) is 11.8 Å². The third kappa shape index (κ3) is 4.89. The Labute approximate surface area is 129 Å². The minimum atomic E-state index is -0.468. The van der Waals surface area contributed by atoms with Gasteiger partial charge in [-0.05, 0) is 24.6 Å². The maximum absolute atomic E-state index is 13.1. The quantitative estimate of drug-likeness (QED) is 0.821. The van der Waals surface area contributed by atoms with Crippen molar-refractivity contribution < 1.29 is 9.18 Å². The zero-order chi connectivity index (χ0) is 15.2. The number of halogens is 1. The van der Waals surface area contributed by atoms with Gasteiger partial charge in [0.2, 0.25) is 5.91 Å². The number of thioether (sulfide) groups is 1. The maximum Gasteiger partial charge on any atom is 0.225 e. The molecule has 1 amide bonds. The van der Waals surface area contributed by atoms with Crippen molar-refractivity contribution in [3.8, 4) is 0 Å². The van der Waals surface area contributed by atoms with Crippen LogP contribution in [0.15, 0.2) is 18.2 Å². The second-order valence-corrected chi connectivity index (χ2v) is 6.64. The average molecular weight is 311 g/mol. The van der Waals surface area contributed by atoms with E-state index in [-0.39, 0.29) is 11.6 Å². The molecule has 1 aliphatic rings. The Kier molecular flexibility index (Phi) is 5.87. The van der Waals surface area contributed by atoms with Gasteiger partial charge < -0.3 is 16.0 Å². The first-order chi connectivity index (χ1) is 10.1. The van der Waals surface area contributed by atoms with Crippen LogP contribution in [0.1, 0.15) is 19.8 Å². The molecule has 4 nitrogen and oxygen atoms in total. The number of nitrogens with two attached hydrogens (primary N) is 1. The van der Waals surface area contributed by atoms with E-state index in [4.69, 9.17) is 5.73 Å². The lowest BCUT2D eigenvalue weighted by molar-refractivity contribution is -0.116. The number of nitrogens with zero attached hydrogens (tertiary/aromatic N) is 1. The highest BCUT2D eigenvalue weighted by atomic mass is 32.2. The third-order valence-corrected chi connectivity index (χ3v) is 4.99. The summed E-state index contributed by atoms with van der Waals surface area (Å²) in [5.74, 6) is 0.603.